The Morgan fingerprint density at radius 1 is 0.456 bits per heavy atom. The number of hydrogen-bond donors (Lipinski definition) is 0. The first-order valence-electron chi connectivity index (χ1n) is 22.7. The van der Waals surface area contributed by atoms with Gasteiger partial charge in [-0.15, -0.1) is 48.1 Å². The minimum atomic E-state index is 0. The second-order valence-electron chi connectivity index (χ2n) is 17.4. The van der Waals surface area contributed by atoms with Gasteiger partial charge in [-0.2, -0.15) is 12.1 Å². The third kappa shape index (κ3) is 6.76. The third-order valence-electron chi connectivity index (χ3n) is 13.2. The molecule has 0 saturated carbocycles. The van der Waals surface area contributed by atoms with Crippen LogP contribution in [0.5, 0.6) is 11.5 Å². The Kier molecular flexibility index (Phi) is 10.2. The van der Waals surface area contributed by atoms with Gasteiger partial charge < -0.3 is 18.9 Å². The van der Waals surface area contributed by atoms with Crippen molar-refractivity contribution in [3.05, 3.63) is 236 Å². The zero-order chi connectivity index (χ0) is 44.6. The van der Waals surface area contributed by atoms with E-state index in [4.69, 9.17) is 9.72 Å². The van der Waals surface area contributed by atoms with E-state index < -0.39 is 0 Å². The number of para-hydroxylation sites is 4. The van der Waals surface area contributed by atoms with Gasteiger partial charge in [-0.25, -0.2) is 4.98 Å². The fourth-order valence-corrected chi connectivity index (χ4v) is 10.2. The van der Waals surface area contributed by atoms with Gasteiger partial charge in [-0.1, -0.05) is 162 Å². The summed E-state index contributed by atoms with van der Waals surface area (Å²) in [4.78, 5) is 9.68. The molecule has 328 valence electrons. The average molecular weight is 1050 g/mol. The number of hydrogen-bond acceptors (Lipinski definition) is 4. The normalized spacial score (nSPS) is 12.3. The van der Waals surface area contributed by atoms with Crippen molar-refractivity contribution >= 4 is 82.5 Å². The molecule has 1 aliphatic heterocycles. The van der Waals surface area contributed by atoms with E-state index in [-0.39, 0.29) is 21.1 Å². The number of pyridine rings is 1. The van der Waals surface area contributed by atoms with Crippen molar-refractivity contribution in [1.82, 2.24) is 9.38 Å². The summed E-state index contributed by atoms with van der Waals surface area (Å²) in [6.07, 6.45) is 1.89. The van der Waals surface area contributed by atoms with Crippen molar-refractivity contribution in [3.8, 4) is 33.8 Å². The van der Waals surface area contributed by atoms with Gasteiger partial charge in [0, 0.05) is 83.2 Å². The zero-order valence-corrected chi connectivity index (χ0v) is 39.5. The number of aromatic nitrogens is 2. The molecule has 0 bridgehead atoms. The molecule has 68 heavy (non-hydrogen) atoms. The van der Waals surface area contributed by atoms with Gasteiger partial charge >= 0.3 is 0 Å². The van der Waals surface area contributed by atoms with Crippen LogP contribution in [-0.2, 0) is 21.1 Å². The first-order valence-corrected chi connectivity index (χ1v) is 22.7. The Bertz CT molecular complexity index is 3920. The standard InChI is InChI=1S/C62H41N4O.Pt/c1-40-28-31-49-50-32-29-41(2)36-56(50)54-25-14-34-63-62(54)66-59-38-46(30-33-51(59)52-23-13-24-53(61(52)66)55(49)35-40)67-45-20-11-19-44(37-45)64-39-65(58-27-10-9-26-57(58)64)60-47(42-15-5-3-6-16-42)21-12-22-48(60)43-17-7-4-8-18-43;/h3-36,39H,1-2H3;/q-3;. The molecule has 0 aliphatic carbocycles. The number of benzene rings is 9. The molecule has 0 saturated heterocycles. The van der Waals surface area contributed by atoms with Crippen LogP contribution in [0.4, 0.5) is 22.7 Å². The van der Waals surface area contributed by atoms with Crippen LogP contribution in [0.1, 0.15) is 11.1 Å². The largest absolute Gasteiger partial charge is 0.509 e. The third-order valence-corrected chi connectivity index (χ3v) is 13.2. The fourth-order valence-electron chi connectivity index (χ4n) is 10.2. The number of rotatable bonds is 6. The topological polar surface area (TPSA) is 33.0 Å². The van der Waals surface area contributed by atoms with Crippen molar-refractivity contribution in [2.75, 3.05) is 9.80 Å². The minimum absolute atomic E-state index is 0. The molecule has 0 amide bonds. The molecule has 13 rings (SSSR count). The quantitative estimate of drug-likeness (QED) is 0.155. The van der Waals surface area contributed by atoms with Crippen LogP contribution in [-0.4, -0.2) is 9.38 Å². The predicted octanol–water partition coefficient (Wildman–Crippen LogP) is 16.4. The molecule has 0 atom stereocenters. The van der Waals surface area contributed by atoms with Crippen LogP contribution in [0, 0.1) is 32.6 Å². The van der Waals surface area contributed by atoms with E-state index in [9.17, 15) is 0 Å². The average Bonchev–Trinajstić information content (AvgIpc) is 3.93. The van der Waals surface area contributed by atoms with Gasteiger partial charge in [-0.3, -0.25) is 0 Å². The summed E-state index contributed by atoms with van der Waals surface area (Å²) in [7, 11) is 0. The first kappa shape index (κ1) is 41.4. The van der Waals surface area contributed by atoms with Crippen LogP contribution < -0.4 is 14.5 Å². The molecule has 1 aliphatic rings. The summed E-state index contributed by atoms with van der Waals surface area (Å²) in [5, 5.41) is 9.13. The molecule has 0 fully saturated rings. The first-order chi connectivity index (χ1) is 33.1. The number of fused-ring (bicyclic) bond motifs is 11. The molecule has 0 radical (unpaired) electrons. The van der Waals surface area contributed by atoms with Gasteiger partial charge in [0.2, 0.25) is 0 Å². The Morgan fingerprint density at radius 2 is 1.01 bits per heavy atom. The summed E-state index contributed by atoms with van der Waals surface area (Å²) >= 11 is 0. The van der Waals surface area contributed by atoms with Crippen LogP contribution >= 0.6 is 0 Å². The summed E-state index contributed by atoms with van der Waals surface area (Å²) in [6.45, 7) is 6.50. The maximum Gasteiger partial charge on any atom is 0.143 e. The fraction of sp³-hybridized carbons (Fsp3) is 0.0323. The van der Waals surface area contributed by atoms with E-state index in [0.717, 1.165) is 88.6 Å². The predicted molar refractivity (Wildman–Crippen MR) is 278 cm³/mol. The van der Waals surface area contributed by atoms with Crippen LogP contribution in [0.25, 0.3) is 82.0 Å². The molecule has 0 N–H and O–H groups in total. The van der Waals surface area contributed by atoms with Crippen molar-refractivity contribution in [2.24, 2.45) is 0 Å². The smallest absolute Gasteiger partial charge is 0.143 e. The molecule has 4 heterocycles. The van der Waals surface area contributed by atoms with Gasteiger partial charge in [0.25, 0.3) is 0 Å². The summed E-state index contributed by atoms with van der Waals surface area (Å²) in [5.74, 6) is 1.17. The number of anilines is 4. The van der Waals surface area contributed by atoms with E-state index >= 15 is 0 Å². The Morgan fingerprint density at radius 3 is 1.71 bits per heavy atom. The van der Waals surface area contributed by atoms with Crippen molar-refractivity contribution in [2.45, 2.75) is 13.8 Å². The van der Waals surface area contributed by atoms with Crippen molar-refractivity contribution < 1.29 is 25.8 Å². The minimum Gasteiger partial charge on any atom is -0.509 e. The maximum absolute atomic E-state index is 6.80. The molecular formula is C62H41N4OPt-3. The van der Waals surface area contributed by atoms with Gasteiger partial charge in [0.15, 0.2) is 0 Å². The maximum atomic E-state index is 6.80. The number of aryl methyl sites for hydroxylation is 2. The monoisotopic (exact) mass is 1050 g/mol. The molecule has 6 heteroatoms. The molecule has 3 aromatic heterocycles. The van der Waals surface area contributed by atoms with Gasteiger partial charge in [-0.05, 0) is 76.2 Å². The number of nitrogens with zero attached hydrogens (tertiary/aromatic N) is 4. The van der Waals surface area contributed by atoms with Crippen molar-refractivity contribution in [1.29, 1.82) is 0 Å². The Balaban J connectivity index is 0.00000480. The summed E-state index contributed by atoms with van der Waals surface area (Å²) in [6, 6.07) is 78.5. The molecule has 0 spiro atoms. The SMILES string of the molecule is Cc1ccc2c3ccc(C)cc3c3cccc4c5ccc(Oc6[c-]c(N7[CH-]N(c8c(-c9ccccc9)cccc8-c8ccccc8)c8ccccc87)ccc6)[c-]c5n(c5ncccc5c2c1)c34.[Pt]. The molecule has 9 aromatic carbocycles. The van der Waals surface area contributed by atoms with Crippen LogP contribution in [0.3, 0.4) is 0 Å². The molecule has 5 nitrogen and oxygen atoms in total. The summed E-state index contributed by atoms with van der Waals surface area (Å²) in [5.41, 5.74) is 13.9. The Hall–Kier alpha value is -7.98. The van der Waals surface area contributed by atoms with E-state index in [1.807, 2.05) is 30.5 Å². The van der Waals surface area contributed by atoms with E-state index in [1.165, 1.54) is 27.3 Å². The molecular weight excluding hydrogens is 1010 g/mol. The molecule has 12 aromatic rings. The van der Waals surface area contributed by atoms with Gasteiger partial charge in [0.1, 0.15) is 5.65 Å². The summed E-state index contributed by atoms with van der Waals surface area (Å²) < 4.78 is 9.10. The van der Waals surface area contributed by atoms with E-state index in [2.05, 4.69) is 223 Å². The van der Waals surface area contributed by atoms with Crippen molar-refractivity contribution in [3.63, 3.8) is 0 Å². The van der Waals surface area contributed by atoms with E-state index in [1.54, 1.807) is 0 Å². The second kappa shape index (κ2) is 16.7. The van der Waals surface area contributed by atoms with Crippen LogP contribution in [0.2, 0.25) is 0 Å². The van der Waals surface area contributed by atoms with E-state index in [0.29, 0.717) is 11.5 Å². The van der Waals surface area contributed by atoms with Crippen LogP contribution in [0.15, 0.2) is 206 Å². The second-order valence-corrected chi connectivity index (χ2v) is 17.4. The Labute approximate surface area is 409 Å². The molecule has 0 unspecified atom stereocenters. The zero-order valence-electron chi connectivity index (χ0n) is 37.2. The number of ether oxygens (including phenoxy) is 1. The van der Waals surface area contributed by atoms with Gasteiger partial charge in [0.05, 0.1) is 0 Å².